The number of hydrogen-bond acceptors (Lipinski definition) is 3. The van der Waals surface area contributed by atoms with Gasteiger partial charge in [-0.2, -0.15) is 0 Å². The first-order chi connectivity index (χ1) is 10.1. The molecule has 1 amide bonds. The number of halogens is 1. The van der Waals surface area contributed by atoms with Crippen LogP contribution in [0, 0.1) is 10.1 Å². The Hall–Kier alpha value is -1.88. The summed E-state index contributed by atoms with van der Waals surface area (Å²) < 4.78 is 0. The van der Waals surface area contributed by atoms with Gasteiger partial charge in [-0.15, -0.1) is 6.58 Å². The largest absolute Gasteiger partial charge is 0.332 e. The fraction of sp³-hybridized carbons (Fsp3) is 0.400. The second-order valence-electron chi connectivity index (χ2n) is 5.08. The first-order valence-corrected chi connectivity index (χ1v) is 7.28. The number of nitrogens with zero attached hydrogens (tertiary/aromatic N) is 2. The third-order valence-electron chi connectivity index (χ3n) is 3.76. The van der Waals surface area contributed by atoms with E-state index < -0.39 is 4.92 Å². The topological polar surface area (TPSA) is 63.5 Å². The molecule has 0 aromatic heterocycles. The number of hydrogen-bond donors (Lipinski definition) is 0. The Labute approximate surface area is 128 Å². The van der Waals surface area contributed by atoms with Crippen molar-refractivity contribution in [1.82, 2.24) is 4.90 Å². The van der Waals surface area contributed by atoms with Gasteiger partial charge in [0, 0.05) is 18.7 Å². The molecule has 21 heavy (non-hydrogen) atoms. The summed E-state index contributed by atoms with van der Waals surface area (Å²) in [6.45, 7) is 4.10. The summed E-state index contributed by atoms with van der Waals surface area (Å²) in [5, 5.41) is 10.8. The van der Waals surface area contributed by atoms with Crippen molar-refractivity contribution in [3.05, 3.63) is 51.6 Å². The van der Waals surface area contributed by atoms with E-state index in [4.69, 9.17) is 11.6 Å². The Morgan fingerprint density at radius 3 is 2.71 bits per heavy atom. The van der Waals surface area contributed by atoms with Crippen molar-refractivity contribution in [2.24, 2.45) is 0 Å². The fourth-order valence-corrected chi connectivity index (χ4v) is 3.01. The quantitative estimate of drug-likeness (QED) is 0.472. The van der Waals surface area contributed by atoms with Crippen LogP contribution in [0.4, 0.5) is 5.69 Å². The van der Waals surface area contributed by atoms with Gasteiger partial charge in [0.05, 0.1) is 10.5 Å². The van der Waals surface area contributed by atoms with Crippen molar-refractivity contribution in [2.45, 2.75) is 31.7 Å². The summed E-state index contributed by atoms with van der Waals surface area (Å²) in [6.07, 6.45) is 5.75. The standard InChI is InChI=1S/C15H17ClN2O3/c1-2-10-17(11-6-3-4-7-11)15(19)12-8-5-9-13(14(12)16)18(20)21/h2,5,8-9,11H,1,3-4,6-7,10H2. The van der Waals surface area contributed by atoms with Crippen molar-refractivity contribution in [1.29, 1.82) is 0 Å². The van der Waals surface area contributed by atoms with E-state index >= 15 is 0 Å². The van der Waals surface area contributed by atoms with Crippen LogP contribution in [0.1, 0.15) is 36.0 Å². The molecular formula is C15H17ClN2O3. The highest BCUT2D eigenvalue weighted by molar-refractivity contribution is 6.35. The Morgan fingerprint density at radius 2 is 2.14 bits per heavy atom. The minimum absolute atomic E-state index is 0.0976. The van der Waals surface area contributed by atoms with Crippen LogP contribution in [-0.4, -0.2) is 28.3 Å². The van der Waals surface area contributed by atoms with Gasteiger partial charge in [-0.25, -0.2) is 0 Å². The third-order valence-corrected chi connectivity index (χ3v) is 4.15. The van der Waals surface area contributed by atoms with Gasteiger partial charge in [0.25, 0.3) is 11.6 Å². The van der Waals surface area contributed by atoms with Crippen LogP contribution in [-0.2, 0) is 0 Å². The third kappa shape index (κ3) is 3.24. The highest BCUT2D eigenvalue weighted by Gasteiger charge is 2.29. The maximum absolute atomic E-state index is 12.7. The molecule has 5 nitrogen and oxygen atoms in total. The molecule has 0 N–H and O–H groups in total. The Morgan fingerprint density at radius 1 is 1.48 bits per heavy atom. The molecule has 0 radical (unpaired) electrons. The summed E-state index contributed by atoms with van der Waals surface area (Å²) in [4.78, 5) is 24.8. The molecule has 2 rings (SSSR count). The number of benzene rings is 1. The van der Waals surface area contributed by atoms with Crippen LogP contribution in [0.2, 0.25) is 5.02 Å². The van der Waals surface area contributed by atoms with E-state index in [1.807, 2.05) is 0 Å². The first-order valence-electron chi connectivity index (χ1n) is 6.91. The monoisotopic (exact) mass is 308 g/mol. The average molecular weight is 309 g/mol. The molecule has 1 aromatic carbocycles. The van der Waals surface area contributed by atoms with Crippen molar-refractivity contribution in [3.63, 3.8) is 0 Å². The van der Waals surface area contributed by atoms with Crippen molar-refractivity contribution < 1.29 is 9.72 Å². The first kappa shape index (κ1) is 15.5. The number of rotatable bonds is 5. The molecule has 1 aliphatic carbocycles. The van der Waals surface area contributed by atoms with Crippen molar-refractivity contribution in [2.75, 3.05) is 6.54 Å². The van der Waals surface area contributed by atoms with Gasteiger partial charge < -0.3 is 4.90 Å². The summed E-state index contributed by atoms with van der Waals surface area (Å²) in [6, 6.07) is 4.47. The Balaban J connectivity index is 2.34. The zero-order valence-corrected chi connectivity index (χ0v) is 12.4. The molecule has 0 unspecified atom stereocenters. The van der Waals surface area contributed by atoms with Crippen molar-refractivity contribution >= 4 is 23.2 Å². The highest BCUT2D eigenvalue weighted by Crippen LogP contribution is 2.31. The van der Waals surface area contributed by atoms with Crippen LogP contribution in [0.15, 0.2) is 30.9 Å². The van der Waals surface area contributed by atoms with Crippen LogP contribution >= 0.6 is 11.6 Å². The molecule has 112 valence electrons. The van der Waals surface area contributed by atoms with Gasteiger partial charge in [0.15, 0.2) is 0 Å². The van der Waals surface area contributed by atoms with Gasteiger partial charge in [0.2, 0.25) is 0 Å². The van der Waals surface area contributed by atoms with Crippen LogP contribution in [0.5, 0.6) is 0 Å². The molecule has 0 atom stereocenters. The molecule has 1 aliphatic rings. The molecule has 0 aliphatic heterocycles. The van der Waals surface area contributed by atoms with Gasteiger partial charge >= 0.3 is 0 Å². The average Bonchev–Trinajstić information content (AvgIpc) is 2.98. The summed E-state index contributed by atoms with van der Waals surface area (Å²) in [5.74, 6) is -0.268. The highest BCUT2D eigenvalue weighted by atomic mass is 35.5. The molecule has 0 saturated heterocycles. The number of nitro groups is 1. The molecule has 1 saturated carbocycles. The molecule has 1 fully saturated rings. The number of carbonyl (C=O) groups excluding carboxylic acids is 1. The fourth-order valence-electron chi connectivity index (χ4n) is 2.73. The van der Waals surface area contributed by atoms with E-state index in [0.717, 1.165) is 25.7 Å². The summed E-state index contributed by atoms with van der Waals surface area (Å²) >= 11 is 6.03. The Bertz CT molecular complexity index is 568. The van der Waals surface area contributed by atoms with E-state index in [9.17, 15) is 14.9 Å². The zero-order chi connectivity index (χ0) is 15.4. The second kappa shape index (κ2) is 6.72. The van der Waals surface area contributed by atoms with E-state index in [1.165, 1.54) is 18.2 Å². The zero-order valence-electron chi connectivity index (χ0n) is 11.6. The Kier molecular flexibility index (Phi) is 4.96. The van der Waals surface area contributed by atoms with Gasteiger partial charge in [-0.3, -0.25) is 14.9 Å². The van der Waals surface area contributed by atoms with Crippen molar-refractivity contribution in [3.8, 4) is 0 Å². The molecule has 6 heteroatoms. The lowest BCUT2D eigenvalue weighted by molar-refractivity contribution is -0.384. The maximum Gasteiger partial charge on any atom is 0.288 e. The number of carbonyl (C=O) groups is 1. The van der Waals surface area contributed by atoms with Crippen LogP contribution < -0.4 is 0 Å². The van der Waals surface area contributed by atoms with E-state index in [0.29, 0.717) is 6.54 Å². The van der Waals surface area contributed by atoms with E-state index in [-0.39, 0.29) is 28.2 Å². The normalized spacial score (nSPS) is 14.9. The van der Waals surface area contributed by atoms with E-state index in [1.54, 1.807) is 11.0 Å². The summed E-state index contributed by atoms with van der Waals surface area (Å²) in [5.41, 5.74) is -0.0629. The second-order valence-corrected chi connectivity index (χ2v) is 5.46. The molecule has 0 heterocycles. The lowest BCUT2D eigenvalue weighted by Crippen LogP contribution is -2.39. The lowest BCUT2D eigenvalue weighted by atomic mass is 10.1. The number of amides is 1. The predicted molar refractivity (Wildman–Crippen MR) is 81.6 cm³/mol. The van der Waals surface area contributed by atoms with Gasteiger partial charge in [-0.05, 0) is 18.9 Å². The van der Waals surface area contributed by atoms with E-state index in [2.05, 4.69) is 6.58 Å². The number of nitro benzene ring substituents is 1. The maximum atomic E-state index is 12.7. The minimum atomic E-state index is -0.577. The molecule has 0 spiro atoms. The summed E-state index contributed by atoms with van der Waals surface area (Å²) in [7, 11) is 0. The van der Waals surface area contributed by atoms with Crippen LogP contribution in [0.3, 0.4) is 0 Å². The van der Waals surface area contributed by atoms with Crippen LogP contribution in [0.25, 0.3) is 0 Å². The van der Waals surface area contributed by atoms with Gasteiger partial charge in [-0.1, -0.05) is 36.6 Å². The molecule has 1 aromatic rings. The molecule has 0 bridgehead atoms. The molecular weight excluding hydrogens is 292 g/mol. The minimum Gasteiger partial charge on any atom is -0.332 e. The SMILES string of the molecule is C=CCN(C(=O)c1cccc([N+](=O)[O-])c1Cl)C1CCCC1. The van der Waals surface area contributed by atoms with Gasteiger partial charge in [0.1, 0.15) is 5.02 Å². The smallest absolute Gasteiger partial charge is 0.288 e. The lowest BCUT2D eigenvalue weighted by Gasteiger charge is -2.28. The predicted octanol–water partition coefficient (Wildman–Crippen LogP) is 3.82.